The van der Waals surface area contributed by atoms with Crippen LogP contribution in [0.1, 0.15) is 35.6 Å². The van der Waals surface area contributed by atoms with E-state index in [2.05, 4.69) is 50.2 Å². The molecule has 0 aliphatic heterocycles. The van der Waals surface area contributed by atoms with Gasteiger partial charge in [0, 0.05) is 6.54 Å². The van der Waals surface area contributed by atoms with Crippen LogP contribution in [-0.4, -0.2) is 18.3 Å². The maximum absolute atomic E-state index is 9.75. The van der Waals surface area contributed by atoms with Crippen LogP contribution in [0.2, 0.25) is 0 Å². The number of ether oxygens (including phenoxy) is 1. The Kier molecular flexibility index (Phi) is 6.51. The zero-order valence-electron chi connectivity index (χ0n) is 16.5. The highest BCUT2D eigenvalue weighted by Gasteiger charge is 2.15. The highest BCUT2D eigenvalue weighted by molar-refractivity contribution is 5.99. The second-order valence-electron chi connectivity index (χ2n) is 6.73. The fourth-order valence-electron chi connectivity index (χ4n) is 3.47. The first-order chi connectivity index (χ1) is 13.6. The Morgan fingerprint density at radius 2 is 1.64 bits per heavy atom. The van der Waals surface area contributed by atoms with Gasteiger partial charge in [-0.15, -0.1) is 0 Å². The molecule has 0 aliphatic carbocycles. The monoisotopic (exact) mass is 373 g/mol. The van der Waals surface area contributed by atoms with Gasteiger partial charge in [0.05, 0.1) is 0 Å². The normalized spacial score (nSPS) is 11.8. The molecule has 0 heterocycles. The van der Waals surface area contributed by atoms with E-state index in [0.717, 1.165) is 28.9 Å². The lowest BCUT2D eigenvalue weighted by molar-refractivity contribution is 0.328. The molecule has 0 bridgehead atoms. The van der Waals surface area contributed by atoms with Crippen molar-refractivity contribution < 1.29 is 9.84 Å². The van der Waals surface area contributed by atoms with Gasteiger partial charge in [-0.1, -0.05) is 55.5 Å². The van der Waals surface area contributed by atoms with Crippen LogP contribution in [0, 0.1) is 6.92 Å². The number of phenols is 1. The number of nitrogens with two attached hydrogens (primary N) is 1. The molecule has 3 rings (SSSR count). The lowest BCUT2D eigenvalue weighted by atomic mass is 9.86. The van der Waals surface area contributed by atoms with Crippen LogP contribution in [0.3, 0.4) is 0 Å². The van der Waals surface area contributed by atoms with E-state index < -0.39 is 0 Å². The fourth-order valence-corrected chi connectivity index (χ4v) is 3.47. The largest absolute Gasteiger partial charge is 0.508 e. The maximum Gasteiger partial charge on any atom is 0.119 e. The van der Waals surface area contributed by atoms with Gasteiger partial charge in [0.2, 0.25) is 0 Å². The first kappa shape index (κ1) is 19.7. The van der Waals surface area contributed by atoms with E-state index in [9.17, 15) is 5.11 Å². The molecule has 3 heteroatoms. The molecule has 3 aromatic rings. The Hall–Kier alpha value is -3.04. The van der Waals surface area contributed by atoms with Crippen LogP contribution in [-0.2, 0) is 0 Å². The third-order valence-electron chi connectivity index (χ3n) is 4.79. The minimum absolute atomic E-state index is 0.267. The van der Waals surface area contributed by atoms with Crippen LogP contribution < -0.4 is 10.5 Å². The average molecular weight is 373 g/mol. The maximum atomic E-state index is 9.75. The Labute approximate surface area is 167 Å². The van der Waals surface area contributed by atoms with Gasteiger partial charge >= 0.3 is 0 Å². The third kappa shape index (κ3) is 4.44. The van der Waals surface area contributed by atoms with Gasteiger partial charge in [0.1, 0.15) is 18.1 Å². The highest BCUT2D eigenvalue weighted by Crippen LogP contribution is 2.37. The third-order valence-corrected chi connectivity index (χ3v) is 4.79. The smallest absolute Gasteiger partial charge is 0.119 e. The van der Waals surface area contributed by atoms with E-state index in [-0.39, 0.29) is 5.75 Å². The van der Waals surface area contributed by atoms with Crippen molar-refractivity contribution in [3.05, 3.63) is 95.1 Å². The Balaban J connectivity index is 2.20. The number of aromatic hydroxyl groups is 1. The van der Waals surface area contributed by atoms with E-state index in [0.29, 0.717) is 13.2 Å². The lowest BCUT2D eigenvalue weighted by Crippen LogP contribution is -2.10. The molecule has 0 unspecified atom stereocenters. The zero-order chi connectivity index (χ0) is 19.9. The Morgan fingerprint density at radius 3 is 2.25 bits per heavy atom. The predicted molar refractivity (Wildman–Crippen MR) is 116 cm³/mol. The summed E-state index contributed by atoms with van der Waals surface area (Å²) < 4.78 is 5.69. The molecule has 0 atom stereocenters. The van der Waals surface area contributed by atoms with Gasteiger partial charge in [-0.3, -0.25) is 0 Å². The van der Waals surface area contributed by atoms with E-state index in [1.54, 1.807) is 12.1 Å². The van der Waals surface area contributed by atoms with Crippen molar-refractivity contribution in [3.63, 3.8) is 0 Å². The number of allylic oxidation sites excluding steroid dienone is 1. The van der Waals surface area contributed by atoms with Crippen LogP contribution >= 0.6 is 0 Å². The summed E-state index contributed by atoms with van der Waals surface area (Å²) in [5.74, 6) is 1.10. The van der Waals surface area contributed by atoms with E-state index >= 15 is 0 Å². The Bertz CT molecular complexity index is 944. The molecule has 0 amide bonds. The number of rotatable bonds is 7. The minimum Gasteiger partial charge on any atom is -0.508 e. The van der Waals surface area contributed by atoms with Gasteiger partial charge in [0.25, 0.3) is 0 Å². The molecular formula is C25H27NO2. The SMILES string of the molecule is CC/C(=C(\c1ccc(O)cc1)c1ccc(OCCN)cc1C)c1ccccc1. The number of aryl methyl sites for hydroxylation is 1. The summed E-state index contributed by atoms with van der Waals surface area (Å²) in [5.41, 5.74) is 12.6. The minimum atomic E-state index is 0.267. The quantitative estimate of drug-likeness (QED) is 0.545. The predicted octanol–water partition coefficient (Wildman–Crippen LogP) is 5.41. The van der Waals surface area contributed by atoms with Crippen molar-refractivity contribution in [3.8, 4) is 11.5 Å². The lowest BCUT2D eigenvalue weighted by Gasteiger charge is -2.19. The van der Waals surface area contributed by atoms with Gasteiger partial charge in [-0.05, 0) is 71.0 Å². The number of hydrogen-bond donors (Lipinski definition) is 2. The molecule has 0 radical (unpaired) electrons. The average Bonchev–Trinajstić information content (AvgIpc) is 2.72. The second kappa shape index (κ2) is 9.25. The van der Waals surface area contributed by atoms with Crippen LogP contribution in [0.5, 0.6) is 11.5 Å². The van der Waals surface area contributed by atoms with Gasteiger partial charge < -0.3 is 15.6 Å². The van der Waals surface area contributed by atoms with E-state index in [4.69, 9.17) is 10.5 Å². The first-order valence-electron chi connectivity index (χ1n) is 9.66. The summed E-state index contributed by atoms with van der Waals surface area (Å²) in [4.78, 5) is 0. The molecule has 0 aliphatic rings. The second-order valence-corrected chi connectivity index (χ2v) is 6.73. The van der Waals surface area contributed by atoms with Crippen LogP contribution in [0.25, 0.3) is 11.1 Å². The first-order valence-corrected chi connectivity index (χ1v) is 9.66. The van der Waals surface area contributed by atoms with Crippen molar-refractivity contribution >= 4 is 11.1 Å². The van der Waals surface area contributed by atoms with Gasteiger partial charge in [0.15, 0.2) is 0 Å². The summed E-state index contributed by atoms with van der Waals surface area (Å²) in [6, 6.07) is 24.0. The summed E-state index contributed by atoms with van der Waals surface area (Å²) in [7, 11) is 0. The summed E-state index contributed by atoms with van der Waals surface area (Å²) >= 11 is 0. The van der Waals surface area contributed by atoms with Crippen molar-refractivity contribution in [2.45, 2.75) is 20.3 Å². The standard InChI is InChI=1S/C25H27NO2/c1-3-23(19-7-5-4-6-8-19)25(20-9-11-21(27)12-10-20)24-14-13-22(17-18(24)2)28-16-15-26/h4-14,17,27H,3,15-16,26H2,1-2H3/b25-23-. The van der Waals surface area contributed by atoms with Crippen molar-refractivity contribution in [1.82, 2.24) is 0 Å². The van der Waals surface area contributed by atoms with Crippen LogP contribution in [0.4, 0.5) is 0 Å². The van der Waals surface area contributed by atoms with Gasteiger partial charge in [-0.2, -0.15) is 0 Å². The summed E-state index contributed by atoms with van der Waals surface area (Å²) in [6.07, 6.45) is 0.894. The Morgan fingerprint density at radius 1 is 0.929 bits per heavy atom. The van der Waals surface area contributed by atoms with Crippen molar-refractivity contribution in [2.75, 3.05) is 13.2 Å². The van der Waals surface area contributed by atoms with Crippen molar-refractivity contribution in [1.29, 1.82) is 0 Å². The van der Waals surface area contributed by atoms with Gasteiger partial charge in [-0.25, -0.2) is 0 Å². The molecule has 3 N–H and O–H groups in total. The number of benzene rings is 3. The molecule has 0 saturated carbocycles. The highest BCUT2D eigenvalue weighted by atomic mass is 16.5. The van der Waals surface area contributed by atoms with Crippen LogP contribution in [0.15, 0.2) is 72.8 Å². The molecule has 144 valence electrons. The summed E-state index contributed by atoms with van der Waals surface area (Å²) in [5, 5.41) is 9.75. The molecule has 0 saturated heterocycles. The molecule has 3 aromatic carbocycles. The molecular weight excluding hydrogens is 346 g/mol. The van der Waals surface area contributed by atoms with Crippen molar-refractivity contribution in [2.24, 2.45) is 5.73 Å². The fraction of sp³-hybridized carbons (Fsp3) is 0.200. The van der Waals surface area contributed by atoms with E-state index in [1.165, 1.54) is 16.7 Å². The molecule has 0 aromatic heterocycles. The molecule has 28 heavy (non-hydrogen) atoms. The summed E-state index contributed by atoms with van der Waals surface area (Å²) in [6.45, 7) is 5.28. The molecule has 3 nitrogen and oxygen atoms in total. The number of phenolic OH excluding ortho intramolecular Hbond substituents is 1. The number of hydrogen-bond acceptors (Lipinski definition) is 3. The molecule has 0 spiro atoms. The topological polar surface area (TPSA) is 55.5 Å². The zero-order valence-corrected chi connectivity index (χ0v) is 16.5. The molecule has 0 fully saturated rings. The van der Waals surface area contributed by atoms with E-state index in [1.807, 2.05) is 24.3 Å².